The normalized spacial score (nSPS) is 12.3. The average Bonchev–Trinajstić information content (AvgIpc) is 2.40. The van der Waals surface area contributed by atoms with Gasteiger partial charge in [-0.3, -0.25) is 0 Å². The van der Waals surface area contributed by atoms with E-state index in [1.165, 1.54) is 6.07 Å². The predicted octanol–water partition coefficient (Wildman–Crippen LogP) is 4.56. The van der Waals surface area contributed by atoms with Gasteiger partial charge < -0.3 is 10.5 Å². The molecule has 1 atom stereocenters. The first-order valence-electron chi connectivity index (χ1n) is 6.70. The van der Waals surface area contributed by atoms with Crippen LogP contribution in [0.4, 0.5) is 4.39 Å². The first kappa shape index (κ1) is 14.5. The van der Waals surface area contributed by atoms with Gasteiger partial charge in [0.1, 0.15) is 5.75 Å². The Bertz CT molecular complexity index is 635. The number of ether oxygens (including phenoxy) is 1. The quantitative estimate of drug-likeness (QED) is 0.889. The van der Waals surface area contributed by atoms with Gasteiger partial charge in [-0.15, -0.1) is 0 Å². The number of hydrogen-bond donors (Lipinski definition) is 1. The van der Waals surface area contributed by atoms with Crippen molar-refractivity contribution in [2.45, 2.75) is 33.7 Å². The fraction of sp³-hybridized carbons (Fsp3) is 0.294. The standard InChI is InChI=1S/C17H20FNO/c1-10-5-6-11(2)17(12(10)3)20-16-8-7-14(13(4)19)9-15(16)18/h5-9,13H,19H2,1-4H3. The van der Waals surface area contributed by atoms with Crippen molar-refractivity contribution >= 4 is 0 Å². The second-order valence-corrected chi connectivity index (χ2v) is 5.23. The minimum absolute atomic E-state index is 0.194. The molecule has 1 unspecified atom stereocenters. The zero-order valence-corrected chi connectivity index (χ0v) is 12.3. The molecule has 0 heterocycles. The molecule has 2 N–H and O–H groups in total. The summed E-state index contributed by atoms with van der Waals surface area (Å²) in [5.74, 6) is 0.559. The summed E-state index contributed by atoms with van der Waals surface area (Å²) in [6, 6.07) is 8.68. The summed E-state index contributed by atoms with van der Waals surface area (Å²) in [7, 11) is 0. The van der Waals surface area contributed by atoms with E-state index in [1.54, 1.807) is 12.1 Å². The highest BCUT2D eigenvalue weighted by Crippen LogP contribution is 2.32. The molecule has 0 saturated carbocycles. The predicted molar refractivity (Wildman–Crippen MR) is 79.7 cm³/mol. The van der Waals surface area contributed by atoms with E-state index in [1.807, 2.05) is 39.8 Å². The third-order valence-electron chi connectivity index (χ3n) is 3.57. The Morgan fingerprint density at radius 1 is 1.05 bits per heavy atom. The third-order valence-corrected chi connectivity index (χ3v) is 3.57. The maximum absolute atomic E-state index is 14.1. The first-order chi connectivity index (χ1) is 9.40. The third kappa shape index (κ3) is 2.83. The van der Waals surface area contributed by atoms with Crippen LogP contribution in [0, 0.1) is 26.6 Å². The van der Waals surface area contributed by atoms with Gasteiger partial charge in [-0.2, -0.15) is 0 Å². The van der Waals surface area contributed by atoms with Crippen LogP contribution in [0.1, 0.15) is 35.2 Å². The lowest BCUT2D eigenvalue weighted by molar-refractivity contribution is 0.435. The Kier molecular flexibility index (Phi) is 4.09. The molecule has 0 aromatic heterocycles. The van der Waals surface area contributed by atoms with Crippen LogP contribution in [0.5, 0.6) is 11.5 Å². The van der Waals surface area contributed by atoms with Gasteiger partial charge in [0, 0.05) is 6.04 Å². The number of halogens is 1. The maximum Gasteiger partial charge on any atom is 0.166 e. The lowest BCUT2D eigenvalue weighted by Crippen LogP contribution is -2.05. The molecule has 0 saturated heterocycles. The zero-order valence-electron chi connectivity index (χ0n) is 12.3. The number of aryl methyl sites for hydroxylation is 2. The molecule has 3 heteroatoms. The van der Waals surface area contributed by atoms with Crippen LogP contribution in [-0.4, -0.2) is 0 Å². The molecule has 2 aromatic carbocycles. The molecule has 2 rings (SSSR count). The van der Waals surface area contributed by atoms with E-state index < -0.39 is 0 Å². The van der Waals surface area contributed by atoms with Gasteiger partial charge in [0.2, 0.25) is 0 Å². The van der Waals surface area contributed by atoms with Crippen LogP contribution in [0.25, 0.3) is 0 Å². The number of rotatable bonds is 3. The van der Waals surface area contributed by atoms with Crippen molar-refractivity contribution in [3.8, 4) is 11.5 Å². The summed E-state index contributed by atoms with van der Waals surface area (Å²) < 4.78 is 19.8. The van der Waals surface area contributed by atoms with Crippen LogP contribution in [0.3, 0.4) is 0 Å². The highest BCUT2D eigenvalue weighted by atomic mass is 19.1. The topological polar surface area (TPSA) is 35.2 Å². The van der Waals surface area contributed by atoms with Crippen molar-refractivity contribution in [2.75, 3.05) is 0 Å². The summed E-state index contributed by atoms with van der Waals surface area (Å²) in [5, 5.41) is 0. The Morgan fingerprint density at radius 2 is 1.70 bits per heavy atom. The second kappa shape index (κ2) is 5.63. The summed E-state index contributed by atoms with van der Waals surface area (Å²) in [6.45, 7) is 7.77. The van der Waals surface area contributed by atoms with Crippen molar-refractivity contribution in [3.05, 3.63) is 58.4 Å². The summed E-state index contributed by atoms with van der Waals surface area (Å²) in [4.78, 5) is 0. The Hall–Kier alpha value is -1.87. The van der Waals surface area contributed by atoms with Gasteiger partial charge in [-0.1, -0.05) is 18.2 Å². The zero-order chi connectivity index (χ0) is 14.9. The second-order valence-electron chi connectivity index (χ2n) is 5.23. The van der Waals surface area contributed by atoms with Crippen molar-refractivity contribution in [2.24, 2.45) is 5.73 Å². The molecule has 0 aliphatic rings. The largest absolute Gasteiger partial charge is 0.454 e. The van der Waals surface area contributed by atoms with Crippen molar-refractivity contribution in [1.29, 1.82) is 0 Å². The molecule has 2 aromatic rings. The molecular weight excluding hydrogens is 253 g/mol. The summed E-state index contributed by atoms with van der Waals surface area (Å²) in [5.41, 5.74) is 9.64. The molecule has 0 fully saturated rings. The molecule has 0 bridgehead atoms. The van der Waals surface area contributed by atoms with Crippen LogP contribution in [-0.2, 0) is 0 Å². The van der Waals surface area contributed by atoms with Crippen molar-refractivity contribution < 1.29 is 9.13 Å². The van der Waals surface area contributed by atoms with E-state index in [9.17, 15) is 4.39 Å². The molecule has 0 aliphatic heterocycles. The van der Waals surface area contributed by atoms with E-state index in [2.05, 4.69) is 0 Å². The highest BCUT2D eigenvalue weighted by molar-refractivity contribution is 5.47. The minimum Gasteiger partial charge on any atom is -0.454 e. The maximum atomic E-state index is 14.1. The number of nitrogens with two attached hydrogens (primary N) is 1. The number of hydrogen-bond acceptors (Lipinski definition) is 2. The molecule has 20 heavy (non-hydrogen) atoms. The monoisotopic (exact) mass is 273 g/mol. The van der Waals surface area contributed by atoms with Gasteiger partial charge in [-0.25, -0.2) is 4.39 Å². The Balaban J connectivity index is 2.38. The summed E-state index contributed by atoms with van der Waals surface area (Å²) in [6.07, 6.45) is 0. The molecule has 0 radical (unpaired) electrons. The van der Waals surface area contributed by atoms with E-state index >= 15 is 0 Å². The van der Waals surface area contributed by atoms with Gasteiger partial charge >= 0.3 is 0 Å². The van der Waals surface area contributed by atoms with Gasteiger partial charge in [0.25, 0.3) is 0 Å². The Morgan fingerprint density at radius 3 is 2.30 bits per heavy atom. The smallest absolute Gasteiger partial charge is 0.166 e. The lowest BCUT2D eigenvalue weighted by atomic mass is 10.1. The van der Waals surface area contributed by atoms with E-state index in [0.717, 1.165) is 28.0 Å². The van der Waals surface area contributed by atoms with E-state index in [4.69, 9.17) is 10.5 Å². The minimum atomic E-state index is -0.389. The molecule has 0 amide bonds. The lowest BCUT2D eigenvalue weighted by Gasteiger charge is -2.15. The van der Waals surface area contributed by atoms with Crippen molar-refractivity contribution in [3.63, 3.8) is 0 Å². The number of benzene rings is 2. The molecular formula is C17H20FNO. The van der Waals surface area contributed by atoms with Crippen LogP contribution >= 0.6 is 0 Å². The summed E-state index contributed by atoms with van der Waals surface area (Å²) >= 11 is 0. The van der Waals surface area contributed by atoms with E-state index in [-0.39, 0.29) is 17.6 Å². The van der Waals surface area contributed by atoms with Crippen LogP contribution in [0.2, 0.25) is 0 Å². The van der Waals surface area contributed by atoms with Gasteiger partial charge in [0.15, 0.2) is 11.6 Å². The Labute approximate surface area is 119 Å². The molecule has 0 aliphatic carbocycles. The molecule has 2 nitrogen and oxygen atoms in total. The average molecular weight is 273 g/mol. The molecule has 0 spiro atoms. The fourth-order valence-electron chi connectivity index (χ4n) is 2.08. The van der Waals surface area contributed by atoms with E-state index in [0.29, 0.717) is 0 Å². The SMILES string of the molecule is Cc1ccc(C)c(Oc2ccc(C(C)N)cc2F)c1C. The van der Waals surface area contributed by atoms with Gasteiger partial charge in [-0.05, 0) is 62.1 Å². The van der Waals surface area contributed by atoms with Crippen LogP contribution < -0.4 is 10.5 Å². The van der Waals surface area contributed by atoms with Crippen LogP contribution in [0.15, 0.2) is 30.3 Å². The highest BCUT2D eigenvalue weighted by Gasteiger charge is 2.12. The first-order valence-corrected chi connectivity index (χ1v) is 6.70. The fourth-order valence-corrected chi connectivity index (χ4v) is 2.08. The van der Waals surface area contributed by atoms with Crippen molar-refractivity contribution in [1.82, 2.24) is 0 Å². The van der Waals surface area contributed by atoms with Gasteiger partial charge in [0.05, 0.1) is 0 Å². The molecule has 106 valence electrons.